The van der Waals surface area contributed by atoms with Crippen LogP contribution < -0.4 is 0 Å². The predicted molar refractivity (Wildman–Crippen MR) is 131 cm³/mol. The third kappa shape index (κ3) is 8.85. The highest BCUT2D eigenvalue weighted by Gasteiger charge is 2.42. The van der Waals surface area contributed by atoms with Gasteiger partial charge in [-0.25, -0.2) is 0 Å². The molecule has 5 heteroatoms. The minimum absolute atomic E-state index is 0.194. The first kappa shape index (κ1) is 27.6. The van der Waals surface area contributed by atoms with E-state index in [1.165, 1.54) is 5.57 Å². The molecule has 0 unspecified atom stereocenters. The molecule has 0 aliphatic rings. The molecule has 3 atom stereocenters. The van der Waals surface area contributed by atoms with Gasteiger partial charge in [0.15, 0.2) is 16.6 Å². The average Bonchev–Trinajstić information content (AvgIpc) is 2.42. The Morgan fingerprint density at radius 2 is 1.30 bits per heavy atom. The molecule has 2 nitrogen and oxygen atoms in total. The van der Waals surface area contributed by atoms with Gasteiger partial charge in [0.25, 0.3) is 0 Å². The summed E-state index contributed by atoms with van der Waals surface area (Å²) >= 11 is 3.58. The number of halogens is 1. The molecule has 0 N–H and O–H groups in total. The zero-order valence-corrected chi connectivity index (χ0v) is 24.0. The number of allylic oxidation sites excluding steroid dienone is 1. The molecule has 0 spiro atoms. The van der Waals surface area contributed by atoms with Crippen molar-refractivity contribution in [3.8, 4) is 0 Å². The zero-order chi connectivity index (χ0) is 21.8. The van der Waals surface area contributed by atoms with E-state index in [0.717, 1.165) is 11.8 Å². The van der Waals surface area contributed by atoms with Gasteiger partial charge in [-0.15, -0.1) is 0 Å². The summed E-state index contributed by atoms with van der Waals surface area (Å²) in [6.45, 7) is 30.0. The van der Waals surface area contributed by atoms with Gasteiger partial charge in [-0.05, 0) is 62.5 Å². The summed E-state index contributed by atoms with van der Waals surface area (Å²) in [5.74, 6) is 0.377. The number of rotatable bonds is 9. The van der Waals surface area contributed by atoms with Gasteiger partial charge >= 0.3 is 0 Å². The largest absolute Gasteiger partial charge is 0.414 e. The van der Waals surface area contributed by atoms with Crippen molar-refractivity contribution in [3.63, 3.8) is 0 Å². The van der Waals surface area contributed by atoms with Crippen LogP contribution in [0.4, 0.5) is 0 Å². The molecule has 0 amide bonds. The lowest BCUT2D eigenvalue weighted by atomic mass is 9.98. The van der Waals surface area contributed by atoms with Gasteiger partial charge in [0.2, 0.25) is 0 Å². The van der Waals surface area contributed by atoms with Crippen LogP contribution in [-0.4, -0.2) is 34.2 Å². The maximum atomic E-state index is 6.89. The van der Waals surface area contributed by atoms with Gasteiger partial charge < -0.3 is 8.85 Å². The quantitative estimate of drug-likeness (QED) is 0.189. The molecule has 0 aliphatic heterocycles. The van der Waals surface area contributed by atoms with Crippen molar-refractivity contribution in [1.82, 2.24) is 0 Å². The third-order valence-corrected chi connectivity index (χ3v) is 16.5. The van der Waals surface area contributed by atoms with Crippen LogP contribution in [0.5, 0.6) is 0 Å². The van der Waals surface area contributed by atoms with Gasteiger partial charge in [-0.1, -0.05) is 76.0 Å². The topological polar surface area (TPSA) is 18.5 Å². The standard InChI is InChI=1S/C22H47BrO2Si2/c1-17(16-23)14-18(2)20(25-27(12,13)22(7,8)9)15-19(3)24-26(10,11)21(4,5)6/h14,18-20H,15-16H2,1-13H3/b17-14+/t18-,19-,20-/m1/s1. The van der Waals surface area contributed by atoms with Gasteiger partial charge in [0.1, 0.15) is 0 Å². The normalized spacial score (nSPS) is 18.4. The Kier molecular flexibility index (Phi) is 10.3. The molecule has 162 valence electrons. The molecular formula is C22H47BrO2Si2. The molecule has 27 heavy (non-hydrogen) atoms. The molecule has 0 aliphatic carbocycles. The van der Waals surface area contributed by atoms with Gasteiger partial charge in [0, 0.05) is 11.4 Å². The van der Waals surface area contributed by atoms with E-state index in [1.807, 2.05) is 0 Å². The van der Waals surface area contributed by atoms with E-state index in [-0.39, 0.29) is 22.3 Å². The van der Waals surface area contributed by atoms with Crippen molar-refractivity contribution < 1.29 is 8.85 Å². The summed E-state index contributed by atoms with van der Waals surface area (Å²) in [6.07, 6.45) is 3.72. The van der Waals surface area contributed by atoms with E-state index in [0.29, 0.717) is 5.92 Å². The first-order valence-electron chi connectivity index (χ1n) is 10.4. The van der Waals surface area contributed by atoms with E-state index in [2.05, 4.69) is 111 Å². The summed E-state index contributed by atoms with van der Waals surface area (Å²) in [5, 5.41) is 1.36. The van der Waals surface area contributed by atoms with Crippen molar-refractivity contribution in [2.75, 3.05) is 5.33 Å². The van der Waals surface area contributed by atoms with E-state index in [9.17, 15) is 0 Å². The third-order valence-electron chi connectivity index (χ3n) is 6.46. The van der Waals surface area contributed by atoms with Crippen molar-refractivity contribution >= 4 is 32.6 Å². The van der Waals surface area contributed by atoms with Gasteiger partial charge in [-0.2, -0.15) is 0 Å². The SMILES string of the molecule is C/C(=C\[C@@H](C)[C@@H](C[C@@H](C)O[Si](C)(C)C(C)(C)C)O[Si](C)(C)C(C)(C)C)CBr. The molecule has 0 bridgehead atoms. The second-order valence-electron chi connectivity index (χ2n) is 11.3. The fourth-order valence-electron chi connectivity index (χ4n) is 2.58. The van der Waals surface area contributed by atoms with E-state index in [1.54, 1.807) is 0 Å². The second-order valence-corrected chi connectivity index (χ2v) is 21.4. The number of hydrogen-bond donors (Lipinski definition) is 0. The van der Waals surface area contributed by atoms with Crippen molar-refractivity contribution in [3.05, 3.63) is 11.6 Å². The smallest absolute Gasteiger partial charge is 0.192 e. The minimum Gasteiger partial charge on any atom is -0.414 e. The van der Waals surface area contributed by atoms with Crippen LogP contribution in [0.2, 0.25) is 36.3 Å². The molecule has 0 fully saturated rings. The summed E-state index contributed by atoms with van der Waals surface area (Å²) < 4.78 is 13.6. The van der Waals surface area contributed by atoms with Crippen LogP contribution in [0.3, 0.4) is 0 Å². The Bertz CT molecular complexity index is 488. The lowest BCUT2D eigenvalue weighted by molar-refractivity contribution is 0.0800. The highest BCUT2D eigenvalue weighted by atomic mass is 79.9. The second kappa shape index (κ2) is 10.1. The zero-order valence-electron chi connectivity index (χ0n) is 20.4. The lowest BCUT2D eigenvalue weighted by Gasteiger charge is -2.43. The molecular weight excluding hydrogens is 432 g/mol. The predicted octanol–water partition coefficient (Wildman–Crippen LogP) is 8.15. The molecule has 0 heterocycles. The van der Waals surface area contributed by atoms with E-state index < -0.39 is 16.6 Å². The van der Waals surface area contributed by atoms with E-state index >= 15 is 0 Å². The molecule has 0 aromatic rings. The summed E-state index contributed by atoms with van der Waals surface area (Å²) in [4.78, 5) is 0. The Labute approximate surface area is 181 Å². The first-order chi connectivity index (χ1) is 11.8. The highest BCUT2D eigenvalue weighted by Crippen LogP contribution is 2.40. The Morgan fingerprint density at radius 3 is 1.67 bits per heavy atom. The van der Waals surface area contributed by atoms with Crippen LogP contribution in [0.25, 0.3) is 0 Å². The molecule has 0 saturated heterocycles. The Hall–Kier alpha value is 0.574. The Morgan fingerprint density at radius 1 is 0.889 bits per heavy atom. The summed E-state index contributed by atoms with van der Waals surface area (Å²) in [5.41, 5.74) is 1.37. The fourth-order valence-corrected chi connectivity index (χ4v) is 5.64. The lowest BCUT2D eigenvalue weighted by Crippen LogP contribution is -2.48. The van der Waals surface area contributed by atoms with Crippen molar-refractivity contribution in [2.24, 2.45) is 5.92 Å². The maximum absolute atomic E-state index is 6.89. The van der Waals surface area contributed by atoms with Gasteiger partial charge in [0.05, 0.1) is 6.10 Å². The molecule has 0 saturated carbocycles. The van der Waals surface area contributed by atoms with E-state index in [4.69, 9.17) is 8.85 Å². The summed E-state index contributed by atoms with van der Waals surface area (Å²) in [6, 6.07) is 0. The fraction of sp³-hybridized carbons (Fsp3) is 0.909. The maximum Gasteiger partial charge on any atom is 0.192 e. The Balaban J connectivity index is 5.49. The van der Waals surface area contributed by atoms with Crippen LogP contribution in [0, 0.1) is 5.92 Å². The van der Waals surface area contributed by atoms with Crippen LogP contribution in [0.1, 0.15) is 68.7 Å². The molecule has 0 rings (SSSR count). The molecule has 0 aromatic carbocycles. The average molecular weight is 480 g/mol. The first-order valence-corrected chi connectivity index (χ1v) is 17.4. The van der Waals surface area contributed by atoms with Crippen molar-refractivity contribution in [2.45, 2.75) is 117 Å². The monoisotopic (exact) mass is 478 g/mol. The van der Waals surface area contributed by atoms with Gasteiger partial charge in [-0.3, -0.25) is 0 Å². The minimum atomic E-state index is -1.84. The number of alkyl halides is 1. The number of hydrogen-bond acceptors (Lipinski definition) is 2. The highest BCUT2D eigenvalue weighted by molar-refractivity contribution is 9.09. The van der Waals surface area contributed by atoms with Crippen molar-refractivity contribution in [1.29, 1.82) is 0 Å². The molecule has 0 radical (unpaired) electrons. The van der Waals surface area contributed by atoms with Crippen LogP contribution in [-0.2, 0) is 8.85 Å². The van der Waals surface area contributed by atoms with Crippen LogP contribution >= 0.6 is 15.9 Å². The molecule has 0 aromatic heterocycles. The van der Waals surface area contributed by atoms with Crippen LogP contribution in [0.15, 0.2) is 11.6 Å². The summed E-state index contributed by atoms with van der Waals surface area (Å²) in [7, 11) is -3.61.